The number of β-amino-alcohol motifs (C(OH)–C–C–N with tert-alkyl or cyclic N) is 1. The molecule has 3 aliphatic rings. The van der Waals surface area contributed by atoms with Crippen molar-refractivity contribution >= 4 is 22.9 Å². The molecule has 1 amide bonds. The van der Waals surface area contributed by atoms with Gasteiger partial charge in [-0.05, 0) is 69.0 Å². The second kappa shape index (κ2) is 9.43. The minimum absolute atomic E-state index is 0.0763. The number of carbonyl (C=O) groups is 1. The third kappa shape index (κ3) is 4.77. The minimum atomic E-state index is -0.828. The number of aromatic nitrogens is 2. The molecular formula is C29H33FN6O3. The Balaban J connectivity index is 1.13. The van der Waals surface area contributed by atoms with Gasteiger partial charge in [-0.1, -0.05) is 12.0 Å². The van der Waals surface area contributed by atoms with Crippen LogP contribution in [0.1, 0.15) is 35.8 Å². The Morgan fingerprint density at radius 2 is 2.13 bits per heavy atom. The number of anilines is 2. The maximum atomic E-state index is 15.2. The molecule has 39 heavy (non-hydrogen) atoms. The number of piperidine rings is 1. The Morgan fingerprint density at radius 1 is 1.31 bits per heavy atom. The van der Waals surface area contributed by atoms with E-state index < -0.39 is 11.4 Å². The summed E-state index contributed by atoms with van der Waals surface area (Å²) < 4.78 is 22.2. The van der Waals surface area contributed by atoms with Gasteiger partial charge in [0, 0.05) is 24.2 Å². The molecule has 204 valence electrons. The number of methoxy groups -OCH3 is 1. The average molecular weight is 533 g/mol. The summed E-state index contributed by atoms with van der Waals surface area (Å²) in [6, 6.07) is 10.6. The zero-order chi connectivity index (χ0) is 27.4. The number of ether oxygens (including phenoxy) is 1. The number of rotatable bonds is 6. The number of benzene rings is 1. The first-order valence-corrected chi connectivity index (χ1v) is 13.2. The number of nitrogens with one attached hydrogen (secondary N) is 2. The first-order chi connectivity index (χ1) is 18.7. The molecule has 3 aromatic rings. The van der Waals surface area contributed by atoms with E-state index in [1.807, 2.05) is 12.1 Å². The summed E-state index contributed by atoms with van der Waals surface area (Å²) in [7, 11) is 3.68. The van der Waals surface area contributed by atoms with E-state index in [4.69, 9.17) is 4.74 Å². The summed E-state index contributed by atoms with van der Waals surface area (Å²) in [4.78, 5) is 16.6. The van der Waals surface area contributed by atoms with Gasteiger partial charge in [0.05, 0.1) is 38.0 Å². The van der Waals surface area contributed by atoms with Crippen molar-refractivity contribution in [2.75, 3.05) is 57.5 Å². The van der Waals surface area contributed by atoms with Gasteiger partial charge in [-0.15, -0.1) is 0 Å². The number of carbonyl (C=O) groups excluding carboxylic acids is 1. The second-order valence-electron chi connectivity index (χ2n) is 11.3. The summed E-state index contributed by atoms with van der Waals surface area (Å²) in [5.41, 5.74) is 0.879. The lowest BCUT2D eigenvalue weighted by Gasteiger charge is -2.44. The summed E-state index contributed by atoms with van der Waals surface area (Å²) >= 11 is 0. The predicted octanol–water partition coefficient (Wildman–Crippen LogP) is 2.66. The van der Waals surface area contributed by atoms with E-state index in [0.29, 0.717) is 41.5 Å². The molecule has 3 fully saturated rings. The molecule has 6 rings (SSSR count). The molecule has 2 aromatic heterocycles. The molecular weight excluding hydrogens is 499 g/mol. The molecule has 1 aromatic carbocycles. The van der Waals surface area contributed by atoms with Gasteiger partial charge < -0.3 is 30.3 Å². The smallest absolute Gasteiger partial charge is 0.254 e. The largest absolute Gasteiger partial charge is 0.495 e. The fourth-order valence-corrected chi connectivity index (χ4v) is 5.81. The van der Waals surface area contributed by atoms with Crippen LogP contribution >= 0.6 is 0 Å². The zero-order valence-corrected chi connectivity index (χ0v) is 22.4. The Labute approximate surface area is 226 Å². The van der Waals surface area contributed by atoms with E-state index in [2.05, 4.69) is 39.5 Å². The molecule has 4 heterocycles. The lowest BCUT2D eigenvalue weighted by molar-refractivity contribution is -0.0668. The number of hydrogen-bond acceptors (Lipinski definition) is 7. The van der Waals surface area contributed by atoms with Crippen molar-refractivity contribution < 1.29 is 19.0 Å². The number of likely N-dealkylation sites (tertiary alicyclic amines) is 2. The fourth-order valence-electron chi connectivity index (χ4n) is 5.81. The van der Waals surface area contributed by atoms with E-state index in [-0.39, 0.29) is 23.7 Å². The van der Waals surface area contributed by atoms with Crippen LogP contribution in [0.3, 0.4) is 0 Å². The average Bonchev–Trinajstić information content (AvgIpc) is 3.51. The number of amides is 1. The van der Waals surface area contributed by atoms with Crippen molar-refractivity contribution in [1.29, 1.82) is 0 Å². The highest BCUT2D eigenvalue weighted by atomic mass is 19.1. The summed E-state index contributed by atoms with van der Waals surface area (Å²) in [5.74, 6) is 7.09. The number of fused-ring (bicyclic) bond motifs is 2. The summed E-state index contributed by atoms with van der Waals surface area (Å²) in [6.45, 7) is 4.67. The van der Waals surface area contributed by atoms with Crippen molar-refractivity contribution in [3.8, 4) is 17.6 Å². The molecule has 9 nitrogen and oxygen atoms in total. The molecule has 3 N–H and O–H groups in total. The van der Waals surface area contributed by atoms with E-state index in [1.54, 1.807) is 40.6 Å². The summed E-state index contributed by atoms with van der Waals surface area (Å²) in [6.07, 6.45) is 2.18. The van der Waals surface area contributed by atoms with Crippen molar-refractivity contribution in [3.63, 3.8) is 0 Å². The third-order valence-corrected chi connectivity index (χ3v) is 8.05. The van der Waals surface area contributed by atoms with E-state index >= 15 is 4.39 Å². The normalized spacial score (nSPS) is 23.3. The minimum Gasteiger partial charge on any atom is -0.495 e. The van der Waals surface area contributed by atoms with Crippen LogP contribution in [0.25, 0.3) is 5.52 Å². The maximum Gasteiger partial charge on any atom is 0.254 e. The van der Waals surface area contributed by atoms with Crippen LogP contribution in [-0.2, 0) is 0 Å². The molecule has 1 aliphatic carbocycles. The molecule has 10 heteroatoms. The van der Waals surface area contributed by atoms with E-state index in [1.165, 1.54) is 7.11 Å². The highest BCUT2D eigenvalue weighted by molar-refractivity contribution is 5.96. The molecule has 1 saturated carbocycles. The maximum absolute atomic E-state index is 15.2. The monoisotopic (exact) mass is 532 g/mol. The van der Waals surface area contributed by atoms with Gasteiger partial charge >= 0.3 is 0 Å². The molecule has 2 atom stereocenters. The van der Waals surface area contributed by atoms with Crippen molar-refractivity contribution in [1.82, 2.24) is 19.4 Å². The van der Waals surface area contributed by atoms with Gasteiger partial charge in [0.15, 0.2) is 11.5 Å². The first-order valence-electron chi connectivity index (χ1n) is 13.2. The quantitative estimate of drug-likeness (QED) is 0.421. The SMILES string of the molecule is COc1cc(C(=O)N2CC(C)(O)C2)ccc1NCC#Cc1nn2c(NC34CCN(C)CC3C4)cccc2c1F. The van der Waals surface area contributed by atoms with Gasteiger partial charge in [0.2, 0.25) is 0 Å². The van der Waals surface area contributed by atoms with Crippen LogP contribution in [0.2, 0.25) is 0 Å². The Kier molecular flexibility index (Phi) is 6.16. The van der Waals surface area contributed by atoms with E-state index in [9.17, 15) is 9.90 Å². The van der Waals surface area contributed by atoms with E-state index in [0.717, 1.165) is 31.7 Å². The Hall–Kier alpha value is -3.81. The van der Waals surface area contributed by atoms with Crippen molar-refractivity contribution in [2.24, 2.45) is 5.92 Å². The molecule has 0 radical (unpaired) electrons. The highest BCUT2D eigenvalue weighted by Crippen LogP contribution is 2.51. The predicted molar refractivity (Wildman–Crippen MR) is 147 cm³/mol. The molecule has 2 aliphatic heterocycles. The van der Waals surface area contributed by atoms with Gasteiger partial charge in [0.1, 0.15) is 17.1 Å². The highest BCUT2D eigenvalue weighted by Gasteiger charge is 2.56. The fraction of sp³-hybridized carbons (Fsp3) is 0.448. The Bertz CT molecular complexity index is 1500. The molecule has 2 saturated heterocycles. The Morgan fingerprint density at radius 3 is 2.87 bits per heavy atom. The number of pyridine rings is 1. The van der Waals surface area contributed by atoms with Gasteiger partial charge in [-0.2, -0.15) is 5.10 Å². The third-order valence-electron chi connectivity index (χ3n) is 8.05. The van der Waals surface area contributed by atoms with Crippen LogP contribution in [-0.4, -0.2) is 88.4 Å². The lowest BCUT2D eigenvalue weighted by atomic mass is 9.96. The first kappa shape index (κ1) is 25.5. The zero-order valence-electron chi connectivity index (χ0n) is 22.4. The molecule has 2 unspecified atom stereocenters. The molecule has 0 bridgehead atoms. The van der Waals surface area contributed by atoms with Crippen molar-refractivity contribution in [2.45, 2.75) is 30.9 Å². The van der Waals surface area contributed by atoms with Crippen LogP contribution in [0.15, 0.2) is 36.4 Å². The van der Waals surface area contributed by atoms with Gasteiger partial charge in [-0.3, -0.25) is 4.79 Å². The van der Waals surface area contributed by atoms with Crippen LogP contribution in [0.4, 0.5) is 15.9 Å². The van der Waals surface area contributed by atoms with Crippen molar-refractivity contribution in [3.05, 3.63) is 53.5 Å². The number of halogens is 1. The topological polar surface area (TPSA) is 94.4 Å². The number of nitrogens with zero attached hydrogens (tertiary/aromatic N) is 4. The van der Waals surface area contributed by atoms with Crippen LogP contribution < -0.4 is 15.4 Å². The second-order valence-corrected chi connectivity index (χ2v) is 11.3. The van der Waals surface area contributed by atoms with Gasteiger partial charge in [-0.25, -0.2) is 8.91 Å². The molecule has 0 spiro atoms. The standard InChI is InChI=1S/C29H33FN6O3/c1-28(38)17-35(18-28)27(37)19-9-10-21(24(14-19)39-3)31-12-5-6-22-26(30)23-7-4-8-25(36(23)33-22)32-29-11-13-34(2)16-20(29)15-29/h4,7-10,14,20,31-32,38H,11-13,15-18H2,1-3H3. The van der Waals surface area contributed by atoms with Gasteiger partial charge in [0.25, 0.3) is 5.91 Å². The number of aliphatic hydroxyl groups is 1. The number of hydrogen-bond donors (Lipinski definition) is 3. The van der Waals surface area contributed by atoms with Crippen LogP contribution in [0, 0.1) is 23.6 Å². The van der Waals surface area contributed by atoms with Crippen LogP contribution in [0.5, 0.6) is 5.75 Å². The lowest BCUT2D eigenvalue weighted by Crippen LogP contribution is -2.61. The summed E-state index contributed by atoms with van der Waals surface area (Å²) in [5, 5.41) is 21.2.